The lowest BCUT2D eigenvalue weighted by Gasteiger charge is -2.10. The molecule has 0 saturated carbocycles. The zero-order valence-electron chi connectivity index (χ0n) is 27.6. The van der Waals surface area contributed by atoms with Gasteiger partial charge in [0.25, 0.3) is 0 Å². The van der Waals surface area contributed by atoms with E-state index in [4.69, 9.17) is 28.8 Å². The SMILES string of the molecule is c1ccc(-c2nc3ccc4ccc5oc6cc(-c7nc(-c8ccc9ccccc9c8)nc(-c8ccc9ccccc9c8)n7)ccc6c5c4c3o2)cc1. The van der Waals surface area contributed by atoms with Gasteiger partial charge < -0.3 is 8.83 Å². The van der Waals surface area contributed by atoms with E-state index in [1.54, 1.807) is 0 Å². The Morgan fingerprint density at radius 1 is 0.346 bits per heavy atom. The highest BCUT2D eigenvalue weighted by Gasteiger charge is 2.19. The number of benzene rings is 8. The summed E-state index contributed by atoms with van der Waals surface area (Å²) in [7, 11) is 0. The summed E-state index contributed by atoms with van der Waals surface area (Å²) in [6.45, 7) is 0. The summed E-state index contributed by atoms with van der Waals surface area (Å²) in [4.78, 5) is 20.0. The normalized spacial score (nSPS) is 11.8. The summed E-state index contributed by atoms with van der Waals surface area (Å²) < 4.78 is 13.0. The second kappa shape index (κ2) is 11.2. The summed E-state index contributed by atoms with van der Waals surface area (Å²) >= 11 is 0. The van der Waals surface area contributed by atoms with Gasteiger partial charge in [-0.2, -0.15) is 0 Å². The van der Waals surface area contributed by atoms with Crippen molar-refractivity contribution in [2.75, 3.05) is 0 Å². The smallest absolute Gasteiger partial charge is 0.227 e. The molecule has 52 heavy (non-hydrogen) atoms. The van der Waals surface area contributed by atoms with E-state index in [-0.39, 0.29) is 0 Å². The van der Waals surface area contributed by atoms with Gasteiger partial charge in [-0.25, -0.2) is 19.9 Å². The highest BCUT2D eigenvalue weighted by molar-refractivity contribution is 6.25. The first-order chi connectivity index (χ1) is 25.7. The predicted molar refractivity (Wildman–Crippen MR) is 209 cm³/mol. The van der Waals surface area contributed by atoms with Crippen LogP contribution in [0.25, 0.3) is 111 Å². The minimum Gasteiger partial charge on any atom is -0.456 e. The third-order valence-corrected chi connectivity index (χ3v) is 9.90. The van der Waals surface area contributed by atoms with Crippen molar-refractivity contribution in [1.29, 1.82) is 0 Å². The van der Waals surface area contributed by atoms with Crippen LogP contribution in [0.15, 0.2) is 167 Å². The molecule has 0 aliphatic heterocycles. The Morgan fingerprint density at radius 3 is 1.58 bits per heavy atom. The van der Waals surface area contributed by atoms with E-state index in [9.17, 15) is 0 Å². The molecule has 6 heteroatoms. The van der Waals surface area contributed by atoms with Crippen LogP contribution in [0.2, 0.25) is 0 Å². The standard InChI is InChI=1S/C46H26N4O2/c1-2-10-30(11-3-1)46-47-37-22-19-29-20-23-38-41(40(29)42(37)52-46)36-21-18-35(26-39(36)51-38)45-49-43(33-16-14-27-8-4-6-12-31(27)24-33)48-44(50-45)34-17-15-28-9-5-7-13-32(28)25-34/h1-26H. The van der Waals surface area contributed by atoms with Crippen molar-refractivity contribution in [3.05, 3.63) is 158 Å². The molecule has 0 unspecified atom stereocenters. The quantitative estimate of drug-likeness (QED) is 0.186. The van der Waals surface area contributed by atoms with Crippen LogP contribution >= 0.6 is 0 Å². The van der Waals surface area contributed by atoms with Crippen LogP contribution in [0.1, 0.15) is 0 Å². The summed E-state index contributed by atoms with van der Waals surface area (Å²) in [6, 6.07) is 53.7. The average Bonchev–Trinajstić information content (AvgIpc) is 3.82. The molecule has 0 aliphatic carbocycles. The first-order valence-corrected chi connectivity index (χ1v) is 17.2. The van der Waals surface area contributed by atoms with Crippen molar-refractivity contribution in [2.45, 2.75) is 0 Å². The zero-order chi connectivity index (χ0) is 34.2. The van der Waals surface area contributed by atoms with E-state index in [0.29, 0.717) is 23.4 Å². The van der Waals surface area contributed by atoms with E-state index in [1.807, 2.05) is 72.8 Å². The molecular formula is C46H26N4O2. The van der Waals surface area contributed by atoms with Gasteiger partial charge in [0.05, 0.1) is 0 Å². The Labute approximate surface area is 296 Å². The van der Waals surface area contributed by atoms with Crippen LogP contribution in [0.4, 0.5) is 0 Å². The number of hydrogen-bond donors (Lipinski definition) is 0. The average molecular weight is 667 g/mol. The van der Waals surface area contributed by atoms with Crippen LogP contribution < -0.4 is 0 Å². The highest BCUT2D eigenvalue weighted by atomic mass is 16.3. The Bertz CT molecular complexity index is 3100. The monoisotopic (exact) mass is 666 g/mol. The second-order valence-corrected chi connectivity index (χ2v) is 13.1. The van der Waals surface area contributed by atoms with Gasteiger partial charge in [0.15, 0.2) is 23.1 Å². The lowest BCUT2D eigenvalue weighted by Crippen LogP contribution is -2.00. The molecule has 0 atom stereocenters. The molecule has 11 aromatic rings. The van der Waals surface area contributed by atoms with Crippen LogP contribution in [0.3, 0.4) is 0 Å². The lowest BCUT2D eigenvalue weighted by atomic mass is 10.0. The molecule has 8 aromatic carbocycles. The molecule has 6 nitrogen and oxygen atoms in total. The number of aromatic nitrogens is 4. The van der Waals surface area contributed by atoms with Gasteiger partial charge in [-0.3, -0.25) is 0 Å². The van der Waals surface area contributed by atoms with Crippen molar-refractivity contribution in [3.63, 3.8) is 0 Å². The van der Waals surface area contributed by atoms with Crippen molar-refractivity contribution in [1.82, 2.24) is 19.9 Å². The van der Waals surface area contributed by atoms with Gasteiger partial charge >= 0.3 is 0 Å². The molecule has 0 N–H and O–H groups in total. The Morgan fingerprint density at radius 2 is 0.904 bits per heavy atom. The maximum Gasteiger partial charge on any atom is 0.227 e. The topological polar surface area (TPSA) is 77.8 Å². The number of hydrogen-bond acceptors (Lipinski definition) is 6. The van der Waals surface area contributed by atoms with Crippen LogP contribution in [-0.4, -0.2) is 19.9 Å². The fraction of sp³-hybridized carbons (Fsp3) is 0. The summed E-state index contributed by atoms with van der Waals surface area (Å²) in [5, 5.41) is 8.59. The maximum absolute atomic E-state index is 6.56. The van der Waals surface area contributed by atoms with E-state index in [2.05, 4.69) is 84.9 Å². The largest absolute Gasteiger partial charge is 0.456 e. The van der Waals surface area contributed by atoms with Gasteiger partial charge in [0.2, 0.25) is 5.89 Å². The van der Waals surface area contributed by atoms with Crippen LogP contribution in [0, 0.1) is 0 Å². The first-order valence-electron chi connectivity index (χ1n) is 17.2. The molecule has 242 valence electrons. The lowest BCUT2D eigenvalue weighted by molar-refractivity contribution is 0.623. The predicted octanol–water partition coefficient (Wildman–Crippen LogP) is 12.0. The van der Waals surface area contributed by atoms with E-state index in [1.165, 1.54) is 0 Å². The van der Waals surface area contributed by atoms with Gasteiger partial charge in [0, 0.05) is 38.4 Å². The van der Waals surface area contributed by atoms with Crippen molar-refractivity contribution >= 4 is 65.4 Å². The molecule has 0 aliphatic rings. The summed E-state index contributed by atoms with van der Waals surface area (Å²) in [5.41, 5.74) is 6.67. The Balaban J connectivity index is 1.10. The van der Waals surface area contributed by atoms with Gasteiger partial charge in [-0.15, -0.1) is 0 Å². The first kappa shape index (κ1) is 28.6. The number of rotatable bonds is 4. The zero-order valence-corrected chi connectivity index (χ0v) is 27.6. The molecule has 0 spiro atoms. The minimum absolute atomic E-state index is 0.568. The highest BCUT2D eigenvalue weighted by Crippen LogP contribution is 2.40. The molecule has 0 amide bonds. The fourth-order valence-corrected chi connectivity index (χ4v) is 7.32. The van der Waals surface area contributed by atoms with Crippen molar-refractivity contribution in [2.24, 2.45) is 0 Å². The molecule has 0 fully saturated rings. The molecule has 3 aromatic heterocycles. The third kappa shape index (κ3) is 4.58. The third-order valence-electron chi connectivity index (χ3n) is 9.90. The Hall–Kier alpha value is -7.18. The molecule has 3 heterocycles. The van der Waals surface area contributed by atoms with E-state index in [0.717, 1.165) is 87.6 Å². The summed E-state index contributed by atoms with van der Waals surface area (Å²) in [6.07, 6.45) is 0. The molecule has 0 bridgehead atoms. The van der Waals surface area contributed by atoms with Crippen molar-refractivity contribution in [3.8, 4) is 45.6 Å². The van der Waals surface area contributed by atoms with Gasteiger partial charge in [-0.05, 0) is 75.5 Å². The molecule has 11 rings (SSSR count). The number of furan rings is 1. The van der Waals surface area contributed by atoms with Gasteiger partial charge in [0.1, 0.15) is 16.7 Å². The van der Waals surface area contributed by atoms with Gasteiger partial charge in [-0.1, -0.05) is 109 Å². The van der Waals surface area contributed by atoms with Crippen molar-refractivity contribution < 1.29 is 8.83 Å². The number of nitrogens with zero attached hydrogens (tertiary/aromatic N) is 4. The summed E-state index contributed by atoms with van der Waals surface area (Å²) in [5.74, 6) is 2.38. The van der Waals surface area contributed by atoms with Crippen LogP contribution in [0.5, 0.6) is 0 Å². The number of oxazole rings is 1. The molecule has 0 saturated heterocycles. The maximum atomic E-state index is 6.56. The Kier molecular flexibility index (Phi) is 6.15. The molecule has 0 radical (unpaired) electrons. The van der Waals surface area contributed by atoms with E-state index < -0.39 is 0 Å². The number of fused-ring (bicyclic) bond motifs is 9. The second-order valence-electron chi connectivity index (χ2n) is 13.1. The minimum atomic E-state index is 0.568. The van der Waals surface area contributed by atoms with E-state index >= 15 is 0 Å². The van der Waals surface area contributed by atoms with Crippen LogP contribution in [-0.2, 0) is 0 Å². The molecular weight excluding hydrogens is 641 g/mol. The fourth-order valence-electron chi connectivity index (χ4n) is 7.32.